The monoisotopic (exact) mass is 553 g/mol. The number of hydrogen-bond acceptors (Lipinski definition) is 7. The molecule has 5 heterocycles. The van der Waals surface area contributed by atoms with Crippen molar-refractivity contribution in [1.82, 2.24) is 24.9 Å². The molecule has 0 bridgehead atoms. The van der Waals surface area contributed by atoms with Gasteiger partial charge in [0.2, 0.25) is 5.82 Å². The molecule has 3 aliphatic rings. The maximum Gasteiger partial charge on any atom is 0.354 e. The van der Waals surface area contributed by atoms with Gasteiger partial charge in [0, 0.05) is 37.6 Å². The number of rotatable bonds is 5. The summed E-state index contributed by atoms with van der Waals surface area (Å²) >= 11 is 0. The Morgan fingerprint density at radius 3 is 2.34 bits per heavy atom. The molecule has 3 aromatic heterocycles. The molecule has 41 heavy (non-hydrogen) atoms. The predicted octanol–water partition coefficient (Wildman–Crippen LogP) is 4.06. The number of benzene rings is 1. The number of carbonyl (C=O) groups excluding carboxylic acids is 1. The Labute approximate surface area is 239 Å². The number of aromatic nitrogens is 4. The zero-order valence-electron chi connectivity index (χ0n) is 23.4. The van der Waals surface area contributed by atoms with Gasteiger partial charge in [-0.05, 0) is 55.9 Å². The molecule has 1 aliphatic carbocycles. The number of carboxylic acid groups (broad SMARTS) is 1. The van der Waals surface area contributed by atoms with Crippen LogP contribution in [0.3, 0.4) is 0 Å². The van der Waals surface area contributed by atoms with Crippen molar-refractivity contribution >= 4 is 29.0 Å². The van der Waals surface area contributed by atoms with E-state index < -0.39 is 5.97 Å². The highest BCUT2D eigenvalue weighted by Crippen LogP contribution is 2.49. The molecule has 2 aliphatic heterocycles. The smallest absolute Gasteiger partial charge is 0.354 e. The highest BCUT2D eigenvalue weighted by atomic mass is 16.4. The zero-order chi connectivity index (χ0) is 28.6. The van der Waals surface area contributed by atoms with Gasteiger partial charge < -0.3 is 20.2 Å². The van der Waals surface area contributed by atoms with Crippen molar-refractivity contribution in [3.05, 3.63) is 83.9 Å². The lowest BCUT2D eigenvalue weighted by atomic mass is 9.59. The van der Waals surface area contributed by atoms with E-state index >= 15 is 0 Å². The van der Waals surface area contributed by atoms with E-state index in [9.17, 15) is 14.7 Å². The van der Waals surface area contributed by atoms with Crippen LogP contribution in [0, 0.1) is 18.3 Å². The van der Waals surface area contributed by atoms with Crippen molar-refractivity contribution in [3.8, 4) is 0 Å². The molecule has 1 spiro atoms. The summed E-state index contributed by atoms with van der Waals surface area (Å²) < 4.78 is 1.73. The number of carboxylic acids is 1. The van der Waals surface area contributed by atoms with Crippen molar-refractivity contribution in [3.63, 3.8) is 0 Å². The first kappa shape index (κ1) is 26.7. The maximum absolute atomic E-state index is 13.1. The minimum atomic E-state index is -1.03. The third kappa shape index (κ3) is 5.33. The van der Waals surface area contributed by atoms with Gasteiger partial charge in [0.25, 0.3) is 5.91 Å². The van der Waals surface area contributed by atoms with Crippen LogP contribution in [0.1, 0.15) is 52.9 Å². The van der Waals surface area contributed by atoms with Crippen LogP contribution in [0.2, 0.25) is 0 Å². The topological polar surface area (TPSA) is 116 Å². The highest BCUT2D eigenvalue weighted by Gasteiger charge is 2.55. The molecular formula is C31H35N7O3. The molecule has 1 saturated carbocycles. The van der Waals surface area contributed by atoms with Crippen molar-refractivity contribution in [2.75, 3.05) is 36.0 Å². The minimum Gasteiger partial charge on any atom is -0.477 e. The number of fused-ring (bicyclic) bond motifs is 1. The number of carbonyl (C=O) groups is 2. The van der Waals surface area contributed by atoms with Gasteiger partial charge in [-0.3, -0.25) is 4.79 Å². The van der Waals surface area contributed by atoms with Gasteiger partial charge in [0.05, 0.1) is 11.9 Å². The highest BCUT2D eigenvalue weighted by molar-refractivity contribution is 5.91. The number of anilines is 2. The molecule has 3 fully saturated rings. The summed E-state index contributed by atoms with van der Waals surface area (Å²) in [5, 5.41) is 16.9. The SMILES string of the molecule is Cc1cc(N2CCC(C)C2)cn2nc(C(=O)NC3CCC34CN(c3cccc(C(=O)O)n3)C4)nc12.c1ccccc1. The summed E-state index contributed by atoms with van der Waals surface area (Å²) in [5.74, 6) is 0.241. The van der Waals surface area contributed by atoms with Crippen molar-refractivity contribution in [1.29, 1.82) is 0 Å². The quantitative estimate of drug-likeness (QED) is 0.380. The van der Waals surface area contributed by atoms with E-state index in [-0.39, 0.29) is 28.9 Å². The summed E-state index contributed by atoms with van der Waals surface area (Å²) in [6, 6.07) is 19.2. The number of nitrogens with one attached hydrogen (secondary N) is 1. The fourth-order valence-electron chi connectivity index (χ4n) is 6.07. The second-order valence-electron chi connectivity index (χ2n) is 11.5. The Hall–Kier alpha value is -4.47. The van der Waals surface area contributed by atoms with Crippen LogP contribution in [-0.4, -0.2) is 68.8 Å². The predicted molar refractivity (Wildman–Crippen MR) is 156 cm³/mol. The molecule has 2 unspecified atom stereocenters. The molecular weight excluding hydrogens is 518 g/mol. The lowest BCUT2D eigenvalue weighted by molar-refractivity contribution is 0.0292. The van der Waals surface area contributed by atoms with Gasteiger partial charge in [0.1, 0.15) is 5.82 Å². The lowest BCUT2D eigenvalue weighted by Gasteiger charge is -2.60. The standard InChI is InChI=1S/C25H29N7O3.C6H6/c1-15-7-9-30(11-15)17-10-16(2)22-28-21(29-32(22)12-17)23(33)27-19-6-8-25(19)13-31(14-25)20-5-3-4-18(26-20)24(34)35;1-2-4-6-5-3-1/h3-5,10,12,15,19H,6-9,11,13-14H2,1-2H3,(H,27,33)(H,34,35);1-6H. The second kappa shape index (κ2) is 10.8. The Bertz CT molecular complexity index is 1540. The molecule has 4 aromatic rings. The summed E-state index contributed by atoms with van der Waals surface area (Å²) in [6.45, 7) is 7.81. The molecule has 1 amide bonds. The van der Waals surface area contributed by atoms with E-state index in [4.69, 9.17) is 0 Å². The van der Waals surface area contributed by atoms with Crippen molar-refractivity contribution in [2.45, 2.75) is 39.2 Å². The number of aryl methyl sites for hydroxylation is 1. The van der Waals surface area contributed by atoms with Crippen molar-refractivity contribution < 1.29 is 14.7 Å². The Morgan fingerprint density at radius 1 is 1.00 bits per heavy atom. The molecule has 7 rings (SSSR count). The molecule has 2 saturated heterocycles. The van der Waals surface area contributed by atoms with Crippen LogP contribution in [0.5, 0.6) is 0 Å². The summed E-state index contributed by atoms with van der Waals surface area (Å²) in [5.41, 5.74) is 2.85. The number of aromatic carboxylic acids is 1. The van der Waals surface area contributed by atoms with E-state index in [0.717, 1.165) is 50.3 Å². The molecule has 0 radical (unpaired) electrons. The second-order valence-corrected chi connectivity index (χ2v) is 11.5. The van der Waals surface area contributed by atoms with E-state index in [0.29, 0.717) is 17.4 Å². The molecule has 2 atom stereocenters. The summed E-state index contributed by atoms with van der Waals surface area (Å²) in [7, 11) is 0. The first-order valence-electron chi connectivity index (χ1n) is 14.2. The van der Waals surface area contributed by atoms with E-state index in [2.05, 4.69) is 43.2 Å². The minimum absolute atomic E-state index is 0.00867. The fourth-order valence-corrected chi connectivity index (χ4v) is 6.07. The summed E-state index contributed by atoms with van der Waals surface area (Å²) in [4.78, 5) is 37.5. The van der Waals surface area contributed by atoms with Gasteiger partial charge >= 0.3 is 5.97 Å². The van der Waals surface area contributed by atoms with Gasteiger partial charge in [-0.1, -0.05) is 49.4 Å². The third-order valence-electron chi connectivity index (χ3n) is 8.53. The largest absolute Gasteiger partial charge is 0.477 e. The van der Waals surface area contributed by atoms with Gasteiger partial charge in [-0.15, -0.1) is 5.10 Å². The van der Waals surface area contributed by atoms with Crippen LogP contribution < -0.4 is 15.1 Å². The average Bonchev–Trinajstić information content (AvgIpc) is 3.59. The molecule has 2 N–H and O–H groups in total. The normalized spacial score (nSPS) is 20.6. The van der Waals surface area contributed by atoms with Crippen LogP contribution in [-0.2, 0) is 0 Å². The Morgan fingerprint density at radius 2 is 1.73 bits per heavy atom. The van der Waals surface area contributed by atoms with E-state index in [1.165, 1.54) is 12.5 Å². The Balaban J connectivity index is 0.000000449. The van der Waals surface area contributed by atoms with E-state index in [1.54, 1.807) is 10.6 Å². The van der Waals surface area contributed by atoms with Crippen LogP contribution >= 0.6 is 0 Å². The fraction of sp³-hybridized carbons (Fsp3) is 0.387. The van der Waals surface area contributed by atoms with Gasteiger partial charge in [-0.2, -0.15) is 0 Å². The van der Waals surface area contributed by atoms with Crippen LogP contribution in [0.25, 0.3) is 5.65 Å². The Kier molecular flexibility index (Phi) is 7.07. The third-order valence-corrected chi connectivity index (χ3v) is 8.53. The maximum atomic E-state index is 13.1. The first-order valence-corrected chi connectivity index (χ1v) is 14.2. The number of hydrogen-bond donors (Lipinski definition) is 2. The number of nitrogens with zero attached hydrogens (tertiary/aromatic N) is 6. The lowest BCUT2D eigenvalue weighted by Crippen LogP contribution is -2.71. The molecule has 1 aromatic carbocycles. The van der Waals surface area contributed by atoms with Crippen LogP contribution in [0.4, 0.5) is 11.5 Å². The van der Waals surface area contributed by atoms with E-state index in [1.807, 2.05) is 55.6 Å². The summed E-state index contributed by atoms with van der Waals surface area (Å²) in [6.07, 6.45) is 5.08. The average molecular weight is 554 g/mol. The van der Waals surface area contributed by atoms with Crippen molar-refractivity contribution in [2.24, 2.45) is 11.3 Å². The van der Waals surface area contributed by atoms with Crippen LogP contribution in [0.15, 0.2) is 66.9 Å². The molecule has 10 heteroatoms. The number of amides is 1. The number of pyridine rings is 2. The molecule has 212 valence electrons. The zero-order valence-corrected chi connectivity index (χ0v) is 23.4. The first-order chi connectivity index (χ1) is 19.8. The molecule has 10 nitrogen and oxygen atoms in total. The van der Waals surface area contributed by atoms with Gasteiger partial charge in [0.15, 0.2) is 11.3 Å². The van der Waals surface area contributed by atoms with Gasteiger partial charge in [-0.25, -0.2) is 19.3 Å².